The summed E-state index contributed by atoms with van der Waals surface area (Å²) in [6.07, 6.45) is 0.427. The maximum atomic E-state index is 12.7. The second-order valence-corrected chi connectivity index (χ2v) is 6.50. The quantitative estimate of drug-likeness (QED) is 0.712. The monoisotopic (exact) mass is 350 g/mol. The van der Waals surface area contributed by atoms with E-state index in [0.717, 1.165) is 5.56 Å². The number of carbonyl (C=O) groups excluding carboxylic acids is 2. The van der Waals surface area contributed by atoms with Gasteiger partial charge in [-0.3, -0.25) is 9.59 Å². The largest absolute Gasteiger partial charge is 0.339 e. The molecule has 3 rings (SSSR count). The SMILES string of the molecule is O=C(N[C@@H](Cc1ccccc1)C(=O)Nc1ccccc1)c1cccs1. The Morgan fingerprint density at radius 1 is 0.880 bits per heavy atom. The summed E-state index contributed by atoms with van der Waals surface area (Å²) in [6.45, 7) is 0. The number of thiophene rings is 1. The predicted octanol–water partition coefficient (Wildman–Crippen LogP) is 3.73. The molecule has 5 heteroatoms. The van der Waals surface area contributed by atoms with Gasteiger partial charge >= 0.3 is 0 Å². The molecule has 2 amide bonds. The second-order valence-electron chi connectivity index (χ2n) is 5.55. The minimum atomic E-state index is -0.655. The van der Waals surface area contributed by atoms with Crippen molar-refractivity contribution in [2.24, 2.45) is 0 Å². The fourth-order valence-electron chi connectivity index (χ4n) is 2.45. The van der Waals surface area contributed by atoms with Crippen LogP contribution in [-0.2, 0) is 11.2 Å². The smallest absolute Gasteiger partial charge is 0.262 e. The van der Waals surface area contributed by atoms with Crippen molar-refractivity contribution in [2.75, 3.05) is 5.32 Å². The Labute approximate surface area is 150 Å². The lowest BCUT2D eigenvalue weighted by molar-refractivity contribution is -0.118. The highest BCUT2D eigenvalue weighted by molar-refractivity contribution is 7.12. The van der Waals surface area contributed by atoms with Crippen LogP contribution in [0.5, 0.6) is 0 Å². The van der Waals surface area contributed by atoms with E-state index in [0.29, 0.717) is 17.0 Å². The molecule has 0 radical (unpaired) electrons. The van der Waals surface area contributed by atoms with E-state index in [9.17, 15) is 9.59 Å². The van der Waals surface area contributed by atoms with Crippen molar-refractivity contribution in [1.82, 2.24) is 5.32 Å². The van der Waals surface area contributed by atoms with Gasteiger partial charge in [0.25, 0.3) is 5.91 Å². The predicted molar refractivity (Wildman–Crippen MR) is 101 cm³/mol. The summed E-state index contributed by atoms with van der Waals surface area (Å²) in [5.74, 6) is -0.473. The average molecular weight is 350 g/mol. The van der Waals surface area contributed by atoms with Crippen molar-refractivity contribution >= 4 is 28.8 Å². The normalized spacial score (nSPS) is 11.5. The number of hydrogen-bond acceptors (Lipinski definition) is 3. The molecule has 0 aliphatic heterocycles. The molecule has 0 aliphatic carbocycles. The summed E-state index contributed by atoms with van der Waals surface area (Å²) in [5, 5.41) is 7.55. The lowest BCUT2D eigenvalue weighted by atomic mass is 10.0. The summed E-state index contributed by atoms with van der Waals surface area (Å²) < 4.78 is 0. The molecule has 2 N–H and O–H groups in total. The lowest BCUT2D eigenvalue weighted by Crippen LogP contribution is -2.45. The zero-order valence-electron chi connectivity index (χ0n) is 13.5. The van der Waals surface area contributed by atoms with E-state index < -0.39 is 6.04 Å². The van der Waals surface area contributed by atoms with Crippen molar-refractivity contribution in [1.29, 1.82) is 0 Å². The summed E-state index contributed by atoms with van der Waals surface area (Å²) in [4.78, 5) is 25.7. The van der Waals surface area contributed by atoms with Gasteiger partial charge in [-0.05, 0) is 29.1 Å². The van der Waals surface area contributed by atoms with Gasteiger partial charge in [0.1, 0.15) is 6.04 Å². The first-order chi connectivity index (χ1) is 12.2. The number of carbonyl (C=O) groups is 2. The number of para-hydroxylation sites is 1. The fourth-order valence-corrected chi connectivity index (χ4v) is 3.07. The summed E-state index contributed by atoms with van der Waals surface area (Å²) in [7, 11) is 0. The van der Waals surface area contributed by atoms with Crippen molar-refractivity contribution in [2.45, 2.75) is 12.5 Å². The Morgan fingerprint density at radius 3 is 2.20 bits per heavy atom. The lowest BCUT2D eigenvalue weighted by Gasteiger charge is -2.18. The molecule has 0 aliphatic rings. The second kappa shape index (κ2) is 8.26. The molecule has 1 atom stereocenters. The zero-order chi connectivity index (χ0) is 17.5. The molecule has 126 valence electrons. The van der Waals surface area contributed by atoms with Crippen molar-refractivity contribution in [3.63, 3.8) is 0 Å². The third-order valence-corrected chi connectivity index (χ3v) is 4.56. The summed E-state index contributed by atoms with van der Waals surface area (Å²) in [6, 6.07) is 21.8. The number of rotatable bonds is 6. The summed E-state index contributed by atoms with van der Waals surface area (Å²) >= 11 is 1.35. The average Bonchev–Trinajstić information content (AvgIpc) is 3.18. The molecule has 3 aromatic rings. The van der Waals surface area contributed by atoms with Gasteiger partial charge in [0.2, 0.25) is 5.91 Å². The van der Waals surface area contributed by atoms with Crippen LogP contribution in [0, 0.1) is 0 Å². The standard InChI is InChI=1S/C20H18N2O2S/c23-19(21-16-10-5-2-6-11-16)17(14-15-8-3-1-4-9-15)22-20(24)18-12-7-13-25-18/h1-13,17H,14H2,(H,21,23)(H,22,24)/t17-/m0/s1. The van der Waals surface area contributed by atoms with Crippen LogP contribution in [0.15, 0.2) is 78.2 Å². The Morgan fingerprint density at radius 2 is 1.56 bits per heavy atom. The first-order valence-corrected chi connectivity index (χ1v) is 8.84. The molecule has 0 unspecified atom stereocenters. The first-order valence-electron chi connectivity index (χ1n) is 7.96. The number of anilines is 1. The van der Waals surface area contributed by atoms with E-state index in [1.165, 1.54) is 11.3 Å². The minimum Gasteiger partial charge on any atom is -0.339 e. The third-order valence-electron chi connectivity index (χ3n) is 3.69. The highest BCUT2D eigenvalue weighted by atomic mass is 32.1. The highest BCUT2D eigenvalue weighted by Gasteiger charge is 2.22. The zero-order valence-corrected chi connectivity index (χ0v) is 14.3. The van der Waals surface area contributed by atoms with Crippen molar-refractivity contribution < 1.29 is 9.59 Å². The Balaban J connectivity index is 1.75. The molecule has 0 saturated heterocycles. The van der Waals surface area contributed by atoms with E-state index in [2.05, 4.69) is 10.6 Å². The maximum Gasteiger partial charge on any atom is 0.262 e. The van der Waals surface area contributed by atoms with Crippen LogP contribution in [0.4, 0.5) is 5.69 Å². The van der Waals surface area contributed by atoms with Crippen LogP contribution < -0.4 is 10.6 Å². The molecule has 0 spiro atoms. The van der Waals surface area contributed by atoms with Crippen LogP contribution in [0.25, 0.3) is 0 Å². The minimum absolute atomic E-state index is 0.236. The van der Waals surface area contributed by atoms with E-state index in [1.54, 1.807) is 6.07 Å². The van der Waals surface area contributed by atoms with Gasteiger partial charge in [-0.1, -0.05) is 54.6 Å². The van der Waals surface area contributed by atoms with Gasteiger partial charge in [0.15, 0.2) is 0 Å². The Kier molecular flexibility index (Phi) is 5.59. The van der Waals surface area contributed by atoms with E-state index >= 15 is 0 Å². The highest BCUT2D eigenvalue weighted by Crippen LogP contribution is 2.12. The topological polar surface area (TPSA) is 58.2 Å². The molecule has 1 aromatic heterocycles. The number of hydrogen-bond donors (Lipinski definition) is 2. The Bertz CT molecular complexity index is 817. The van der Waals surface area contributed by atoms with Gasteiger partial charge < -0.3 is 10.6 Å². The molecule has 0 saturated carbocycles. The summed E-state index contributed by atoms with van der Waals surface area (Å²) in [5.41, 5.74) is 1.69. The molecule has 4 nitrogen and oxygen atoms in total. The molecule has 2 aromatic carbocycles. The van der Waals surface area contributed by atoms with Crippen LogP contribution in [0.3, 0.4) is 0 Å². The molecule has 1 heterocycles. The van der Waals surface area contributed by atoms with Crippen LogP contribution >= 0.6 is 11.3 Å². The van der Waals surface area contributed by atoms with Crippen LogP contribution in [-0.4, -0.2) is 17.9 Å². The number of amides is 2. The van der Waals surface area contributed by atoms with Gasteiger partial charge in [-0.15, -0.1) is 11.3 Å². The molecule has 25 heavy (non-hydrogen) atoms. The van der Waals surface area contributed by atoms with Gasteiger partial charge in [0.05, 0.1) is 4.88 Å². The first kappa shape index (κ1) is 16.9. The molecule has 0 fully saturated rings. The van der Waals surface area contributed by atoms with Crippen molar-refractivity contribution in [3.8, 4) is 0 Å². The number of nitrogens with one attached hydrogen (secondary N) is 2. The molecular weight excluding hydrogens is 332 g/mol. The van der Waals surface area contributed by atoms with E-state index in [1.807, 2.05) is 72.1 Å². The number of benzene rings is 2. The fraction of sp³-hybridized carbons (Fsp3) is 0.100. The van der Waals surface area contributed by atoms with E-state index in [-0.39, 0.29) is 11.8 Å². The Hall–Kier alpha value is -2.92. The van der Waals surface area contributed by atoms with E-state index in [4.69, 9.17) is 0 Å². The van der Waals surface area contributed by atoms with Crippen LogP contribution in [0.1, 0.15) is 15.2 Å². The van der Waals surface area contributed by atoms with Crippen LogP contribution in [0.2, 0.25) is 0 Å². The van der Waals surface area contributed by atoms with Gasteiger partial charge in [0, 0.05) is 12.1 Å². The van der Waals surface area contributed by atoms with Crippen molar-refractivity contribution in [3.05, 3.63) is 88.6 Å². The maximum absolute atomic E-state index is 12.7. The molecular formula is C20H18N2O2S. The van der Waals surface area contributed by atoms with Gasteiger partial charge in [-0.25, -0.2) is 0 Å². The third kappa shape index (κ3) is 4.78. The van der Waals surface area contributed by atoms with Gasteiger partial charge in [-0.2, -0.15) is 0 Å². The molecule has 0 bridgehead atoms.